The molecule has 0 unspecified atom stereocenters. The van der Waals surface area contributed by atoms with Crippen LogP contribution in [-0.4, -0.2) is 12.6 Å². The zero-order chi connectivity index (χ0) is 11.2. The smallest absolute Gasteiger partial charge is 0.333 e. The molecular weight excluding hydrogens is 176 g/mol. The standard InChI is InChI=1S/C12H22O2/c1-6-8-12(4,5)9-14-11(13)10(3)7-2/h3,6-9H2,1-2,4-5H3. The van der Waals surface area contributed by atoms with E-state index in [1.54, 1.807) is 0 Å². The Kier molecular flexibility index (Phi) is 5.51. The van der Waals surface area contributed by atoms with Gasteiger partial charge in [0, 0.05) is 5.57 Å². The molecule has 0 aliphatic carbocycles. The molecule has 0 bridgehead atoms. The summed E-state index contributed by atoms with van der Waals surface area (Å²) in [7, 11) is 0. The van der Waals surface area contributed by atoms with E-state index in [1.807, 2.05) is 6.92 Å². The maximum atomic E-state index is 11.3. The Hall–Kier alpha value is -0.790. The van der Waals surface area contributed by atoms with Crippen molar-refractivity contribution in [3.8, 4) is 0 Å². The highest BCUT2D eigenvalue weighted by molar-refractivity contribution is 5.87. The molecule has 0 aromatic heterocycles. The van der Waals surface area contributed by atoms with Crippen molar-refractivity contribution >= 4 is 5.97 Å². The van der Waals surface area contributed by atoms with Gasteiger partial charge in [-0.2, -0.15) is 0 Å². The number of carbonyl (C=O) groups excluding carboxylic acids is 1. The quantitative estimate of drug-likeness (QED) is 0.483. The van der Waals surface area contributed by atoms with Gasteiger partial charge in [-0.05, 0) is 18.3 Å². The Bertz CT molecular complexity index is 204. The maximum absolute atomic E-state index is 11.3. The van der Waals surface area contributed by atoms with Gasteiger partial charge in [0.2, 0.25) is 0 Å². The summed E-state index contributed by atoms with van der Waals surface area (Å²) in [6, 6.07) is 0. The molecule has 0 atom stereocenters. The van der Waals surface area contributed by atoms with Crippen molar-refractivity contribution in [1.29, 1.82) is 0 Å². The molecule has 82 valence electrons. The number of hydrogen-bond donors (Lipinski definition) is 0. The van der Waals surface area contributed by atoms with Crippen molar-refractivity contribution in [3.63, 3.8) is 0 Å². The Morgan fingerprint density at radius 2 is 1.93 bits per heavy atom. The minimum Gasteiger partial charge on any atom is -0.462 e. The summed E-state index contributed by atoms with van der Waals surface area (Å²) < 4.78 is 5.17. The first kappa shape index (κ1) is 13.2. The van der Waals surface area contributed by atoms with Gasteiger partial charge in [0.05, 0.1) is 6.61 Å². The molecule has 2 nitrogen and oxygen atoms in total. The van der Waals surface area contributed by atoms with Crippen LogP contribution in [-0.2, 0) is 9.53 Å². The van der Waals surface area contributed by atoms with Crippen molar-refractivity contribution in [2.45, 2.75) is 47.0 Å². The maximum Gasteiger partial charge on any atom is 0.333 e. The lowest BCUT2D eigenvalue weighted by Gasteiger charge is -2.23. The monoisotopic (exact) mass is 198 g/mol. The summed E-state index contributed by atoms with van der Waals surface area (Å²) in [5.41, 5.74) is 0.635. The van der Waals surface area contributed by atoms with Crippen molar-refractivity contribution < 1.29 is 9.53 Å². The van der Waals surface area contributed by atoms with Crippen LogP contribution in [0.3, 0.4) is 0 Å². The third-order valence-corrected chi connectivity index (χ3v) is 2.24. The Morgan fingerprint density at radius 1 is 1.36 bits per heavy atom. The second kappa shape index (κ2) is 5.84. The Labute approximate surface area is 87.3 Å². The van der Waals surface area contributed by atoms with E-state index in [0.717, 1.165) is 12.8 Å². The molecule has 0 spiro atoms. The van der Waals surface area contributed by atoms with E-state index in [-0.39, 0.29) is 11.4 Å². The summed E-state index contributed by atoms with van der Waals surface area (Å²) in [5.74, 6) is -0.253. The van der Waals surface area contributed by atoms with Gasteiger partial charge in [-0.15, -0.1) is 0 Å². The second-order valence-electron chi connectivity index (χ2n) is 4.45. The first-order valence-corrected chi connectivity index (χ1v) is 5.28. The van der Waals surface area contributed by atoms with Crippen LogP contribution in [0.5, 0.6) is 0 Å². The SMILES string of the molecule is C=C(CC)C(=O)OCC(C)(C)CCC. The lowest BCUT2D eigenvalue weighted by Crippen LogP contribution is -2.22. The largest absolute Gasteiger partial charge is 0.462 e. The van der Waals surface area contributed by atoms with Gasteiger partial charge in [-0.3, -0.25) is 0 Å². The molecule has 0 amide bonds. The number of hydrogen-bond acceptors (Lipinski definition) is 2. The summed E-state index contributed by atoms with van der Waals surface area (Å²) in [4.78, 5) is 11.3. The normalized spacial score (nSPS) is 11.1. The molecule has 0 aliphatic heterocycles. The minimum absolute atomic E-state index is 0.0818. The summed E-state index contributed by atoms with van der Waals surface area (Å²) >= 11 is 0. The number of esters is 1. The van der Waals surface area contributed by atoms with E-state index in [0.29, 0.717) is 18.6 Å². The summed E-state index contributed by atoms with van der Waals surface area (Å²) in [6.45, 7) is 12.4. The first-order valence-electron chi connectivity index (χ1n) is 5.28. The lowest BCUT2D eigenvalue weighted by molar-refractivity contribution is -0.142. The highest BCUT2D eigenvalue weighted by Gasteiger charge is 2.19. The average molecular weight is 198 g/mol. The van der Waals surface area contributed by atoms with E-state index in [1.165, 1.54) is 0 Å². The van der Waals surface area contributed by atoms with Crippen molar-refractivity contribution in [2.24, 2.45) is 5.41 Å². The van der Waals surface area contributed by atoms with E-state index in [2.05, 4.69) is 27.4 Å². The molecule has 0 aromatic rings. The predicted molar refractivity (Wildman–Crippen MR) is 59.1 cm³/mol. The first-order chi connectivity index (χ1) is 6.43. The zero-order valence-corrected chi connectivity index (χ0v) is 9.85. The highest BCUT2D eigenvalue weighted by Crippen LogP contribution is 2.22. The molecule has 0 fully saturated rings. The Balaban J connectivity index is 3.93. The van der Waals surface area contributed by atoms with Crippen LogP contribution < -0.4 is 0 Å². The van der Waals surface area contributed by atoms with Gasteiger partial charge in [-0.1, -0.05) is 40.7 Å². The van der Waals surface area contributed by atoms with Crippen LogP contribution in [0.2, 0.25) is 0 Å². The number of rotatable bonds is 6. The molecule has 0 aliphatic rings. The average Bonchev–Trinajstić information content (AvgIpc) is 2.13. The van der Waals surface area contributed by atoms with Gasteiger partial charge >= 0.3 is 5.97 Å². The molecule has 2 heteroatoms. The highest BCUT2D eigenvalue weighted by atomic mass is 16.5. The topological polar surface area (TPSA) is 26.3 Å². The molecule has 0 N–H and O–H groups in total. The van der Waals surface area contributed by atoms with Crippen LogP contribution in [0.15, 0.2) is 12.2 Å². The minimum atomic E-state index is -0.253. The zero-order valence-electron chi connectivity index (χ0n) is 9.85. The molecule has 14 heavy (non-hydrogen) atoms. The fourth-order valence-electron chi connectivity index (χ4n) is 1.26. The molecule has 0 radical (unpaired) electrons. The van der Waals surface area contributed by atoms with Crippen LogP contribution >= 0.6 is 0 Å². The summed E-state index contributed by atoms with van der Waals surface area (Å²) in [6.07, 6.45) is 2.84. The van der Waals surface area contributed by atoms with Crippen LogP contribution in [0.4, 0.5) is 0 Å². The van der Waals surface area contributed by atoms with Gasteiger partial charge in [0.1, 0.15) is 0 Å². The lowest BCUT2D eigenvalue weighted by atomic mass is 9.89. The molecule has 0 heterocycles. The van der Waals surface area contributed by atoms with Crippen molar-refractivity contribution in [2.75, 3.05) is 6.61 Å². The van der Waals surface area contributed by atoms with Gasteiger partial charge in [0.25, 0.3) is 0 Å². The van der Waals surface area contributed by atoms with E-state index >= 15 is 0 Å². The molecular formula is C12H22O2. The van der Waals surface area contributed by atoms with Gasteiger partial charge in [0.15, 0.2) is 0 Å². The van der Waals surface area contributed by atoms with Crippen molar-refractivity contribution in [3.05, 3.63) is 12.2 Å². The van der Waals surface area contributed by atoms with Gasteiger partial charge in [-0.25, -0.2) is 4.79 Å². The third-order valence-electron chi connectivity index (χ3n) is 2.24. The van der Waals surface area contributed by atoms with Crippen molar-refractivity contribution in [1.82, 2.24) is 0 Å². The third kappa shape index (κ3) is 5.05. The van der Waals surface area contributed by atoms with E-state index in [4.69, 9.17) is 4.74 Å². The second-order valence-corrected chi connectivity index (χ2v) is 4.45. The Morgan fingerprint density at radius 3 is 2.36 bits per heavy atom. The fourth-order valence-corrected chi connectivity index (χ4v) is 1.26. The molecule has 0 aromatic carbocycles. The van der Waals surface area contributed by atoms with Gasteiger partial charge < -0.3 is 4.74 Å². The molecule has 0 saturated carbocycles. The van der Waals surface area contributed by atoms with Crippen LogP contribution in [0.25, 0.3) is 0 Å². The van der Waals surface area contributed by atoms with Crippen LogP contribution in [0, 0.1) is 5.41 Å². The number of ether oxygens (including phenoxy) is 1. The van der Waals surface area contributed by atoms with E-state index < -0.39 is 0 Å². The van der Waals surface area contributed by atoms with E-state index in [9.17, 15) is 4.79 Å². The molecule has 0 rings (SSSR count). The summed E-state index contributed by atoms with van der Waals surface area (Å²) in [5, 5.41) is 0. The fraction of sp³-hybridized carbons (Fsp3) is 0.750. The molecule has 0 saturated heterocycles. The van der Waals surface area contributed by atoms with Crippen LogP contribution in [0.1, 0.15) is 47.0 Å². The predicted octanol–water partition coefficient (Wildman–Crippen LogP) is 3.32. The number of carbonyl (C=O) groups is 1.